The third-order valence-electron chi connectivity index (χ3n) is 3.21. The highest BCUT2D eigenvalue weighted by atomic mass is 16.4. The molecule has 0 fully saturated rings. The van der Waals surface area contributed by atoms with Crippen molar-refractivity contribution in [3.05, 3.63) is 60.3 Å². The maximum absolute atomic E-state index is 10.7. The van der Waals surface area contributed by atoms with Gasteiger partial charge >= 0.3 is 5.97 Å². The third kappa shape index (κ3) is 2.22. The molecule has 0 radical (unpaired) electrons. The van der Waals surface area contributed by atoms with Crippen LogP contribution in [0, 0.1) is 0 Å². The molecule has 0 saturated carbocycles. The minimum atomic E-state index is -0.806. The van der Waals surface area contributed by atoms with E-state index in [-0.39, 0.29) is 6.42 Å². The number of hydrogen-bond donors (Lipinski definition) is 2. The van der Waals surface area contributed by atoms with Gasteiger partial charge in [0.05, 0.1) is 6.42 Å². The van der Waals surface area contributed by atoms with Crippen LogP contribution >= 0.6 is 0 Å². The Kier molecular flexibility index (Phi) is 2.80. The van der Waals surface area contributed by atoms with Crippen molar-refractivity contribution in [2.24, 2.45) is 0 Å². The summed E-state index contributed by atoms with van der Waals surface area (Å²) in [4.78, 5) is 13.9. The average Bonchev–Trinajstić information content (AvgIpc) is 2.83. The van der Waals surface area contributed by atoms with Crippen molar-refractivity contribution in [3.8, 4) is 11.1 Å². The molecule has 0 aliphatic rings. The Morgan fingerprint density at radius 1 is 1.05 bits per heavy atom. The van der Waals surface area contributed by atoms with Crippen LogP contribution in [0.5, 0.6) is 0 Å². The maximum atomic E-state index is 10.7. The molecule has 0 saturated heterocycles. The third-order valence-corrected chi connectivity index (χ3v) is 3.21. The summed E-state index contributed by atoms with van der Waals surface area (Å²) in [5.74, 6) is -0.806. The van der Waals surface area contributed by atoms with Gasteiger partial charge in [-0.3, -0.25) is 4.79 Å². The smallest absolute Gasteiger partial charge is 0.307 e. The number of aliphatic carboxylic acids is 1. The van der Waals surface area contributed by atoms with E-state index < -0.39 is 5.97 Å². The van der Waals surface area contributed by atoms with E-state index in [1.54, 1.807) is 0 Å². The first kappa shape index (κ1) is 11.5. The molecule has 0 atom stereocenters. The molecule has 3 rings (SSSR count). The predicted octanol–water partition coefficient (Wildman–Crippen LogP) is 3.46. The highest BCUT2D eigenvalue weighted by Crippen LogP contribution is 2.28. The molecule has 19 heavy (non-hydrogen) atoms. The summed E-state index contributed by atoms with van der Waals surface area (Å²) >= 11 is 0. The van der Waals surface area contributed by atoms with E-state index in [0.717, 1.165) is 22.2 Å². The summed E-state index contributed by atoms with van der Waals surface area (Å²) in [6.45, 7) is 0. The second kappa shape index (κ2) is 4.61. The van der Waals surface area contributed by atoms with Gasteiger partial charge in [-0.25, -0.2) is 0 Å². The number of carboxylic acids is 1. The molecule has 0 amide bonds. The quantitative estimate of drug-likeness (QED) is 0.749. The normalized spacial score (nSPS) is 10.7. The lowest BCUT2D eigenvalue weighted by Gasteiger charge is -2.02. The summed E-state index contributed by atoms with van der Waals surface area (Å²) in [5, 5.41) is 9.93. The van der Waals surface area contributed by atoms with Gasteiger partial charge in [-0.1, -0.05) is 42.5 Å². The molecule has 3 nitrogen and oxygen atoms in total. The van der Waals surface area contributed by atoms with Crippen LogP contribution in [0.1, 0.15) is 5.56 Å². The zero-order valence-corrected chi connectivity index (χ0v) is 10.3. The number of aromatic amines is 1. The SMILES string of the molecule is O=C(O)Cc1ccc(-c2c[nH]c3ccccc23)cc1. The zero-order valence-electron chi connectivity index (χ0n) is 10.3. The minimum Gasteiger partial charge on any atom is -0.481 e. The first-order valence-corrected chi connectivity index (χ1v) is 6.11. The van der Waals surface area contributed by atoms with Gasteiger partial charge < -0.3 is 10.1 Å². The van der Waals surface area contributed by atoms with Crippen LogP contribution < -0.4 is 0 Å². The molecular formula is C16H13NO2. The van der Waals surface area contributed by atoms with Crippen LogP contribution in [0.25, 0.3) is 22.0 Å². The van der Waals surface area contributed by atoms with Gasteiger partial charge in [-0.2, -0.15) is 0 Å². The second-order valence-electron chi connectivity index (χ2n) is 4.52. The molecule has 3 heteroatoms. The number of aromatic nitrogens is 1. The van der Waals surface area contributed by atoms with Crippen molar-refractivity contribution < 1.29 is 9.90 Å². The molecule has 1 aromatic heterocycles. The lowest BCUT2D eigenvalue weighted by molar-refractivity contribution is -0.136. The number of fused-ring (bicyclic) bond motifs is 1. The summed E-state index contributed by atoms with van der Waals surface area (Å²) in [5.41, 5.74) is 4.15. The van der Waals surface area contributed by atoms with Crippen molar-refractivity contribution in [3.63, 3.8) is 0 Å². The molecule has 0 aliphatic heterocycles. The molecule has 94 valence electrons. The van der Waals surface area contributed by atoms with Crippen LogP contribution in [0.15, 0.2) is 54.7 Å². The van der Waals surface area contributed by atoms with E-state index in [1.165, 1.54) is 5.39 Å². The van der Waals surface area contributed by atoms with Gasteiger partial charge in [-0.15, -0.1) is 0 Å². The molecule has 0 aliphatic carbocycles. The van der Waals surface area contributed by atoms with Crippen LogP contribution in [0.3, 0.4) is 0 Å². The number of hydrogen-bond acceptors (Lipinski definition) is 1. The summed E-state index contributed by atoms with van der Waals surface area (Å²) in [6.07, 6.45) is 2.05. The van der Waals surface area contributed by atoms with Crippen molar-refractivity contribution in [2.45, 2.75) is 6.42 Å². The van der Waals surface area contributed by atoms with Crippen LogP contribution in [-0.4, -0.2) is 16.1 Å². The highest BCUT2D eigenvalue weighted by molar-refractivity contribution is 5.95. The summed E-state index contributed by atoms with van der Waals surface area (Å²) in [7, 11) is 0. The van der Waals surface area contributed by atoms with E-state index in [1.807, 2.05) is 48.7 Å². The number of carboxylic acid groups (broad SMARTS) is 1. The lowest BCUT2D eigenvalue weighted by atomic mass is 10.0. The van der Waals surface area contributed by atoms with E-state index in [0.29, 0.717) is 0 Å². The Morgan fingerprint density at radius 2 is 1.79 bits per heavy atom. The number of carbonyl (C=O) groups is 1. The van der Waals surface area contributed by atoms with Crippen molar-refractivity contribution >= 4 is 16.9 Å². The molecule has 0 unspecified atom stereocenters. The zero-order chi connectivity index (χ0) is 13.2. The standard InChI is InChI=1S/C16H13NO2/c18-16(19)9-11-5-7-12(8-6-11)14-10-17-15-4-2-1-3-13(14)15/h1-8,10,17H,9H2,(H,18,19). The highest BCUT2D eigenvalue weighted by Gasteiger charge is 2.06. The minimum absolute atomic E-state index is 0.0637. The fourth-order valence-corrected chi connectivity index (χ4v) is 2.29. The Balaban J connectivity index is 2.00. The Morgan fingerprint density at radius 3 is 2.53 bits per heavy atom. The molecule has 0 spiro atoms. The van der Waals surface area contributed by atoms with Crippen molar-refractivity contribution in [1.29, 1.82) is 0 Å². The lowest BCUT2D eigenvalue weighted by Crippen LogP contribution is -1.99. The van der Waals surface area contributed by atoms with Crippen LogP contribution in [-0.2, 0) is 11.2 Å². The first-order chi connectivity index (χ1) is 9.24. The van der Waals surface area contributed by atoms with Gasteiger partial charge in [0.25, 0.3) is 0 Å². The molecular weight excluding hydrogens is 238 g/mol. The monoisotopic (exact) mass is 251 g/mol. The van der Waals surface area contributed by atoms with Gasteiger partial charge in [0, 0.05) is 22.7 Å². The Bertz CT molecular complexity index is 726. The van der Waals surface area contributed by atoms with Gasteiger partial charge in [0.1, 0.15) is 0 Å². The van der Waals surface area contributed by atoms with Gasteiger partial charge in [0.2, 0.25) is 0 Å². The molecule has 0 bridgehead atoms. The van der Waals surface area contributed by atoms with Gasteiger partial charge in [0.15, 0.2) is 0 Å². The first-order valence-electron chi connectivity index (χ1n) is 6.11. The molecule has 1 heterocycles. The summed E-state index contributed by atoms with van der Waals surface area (Å²) < 4.78 is 0. The number of benzene rings is 2. The number of para-hydroxylation sites is 1. The van der Waals surface area contributed by atoms with E-state index in [4.69, 9.17) is 5.11 Å². The second-order valence-corrected chi connectivity index (χ2v) is 4.52. The Hall–Kier alpha value is -2.55. The fraction of sp³-hybridized carbons (Fsp3) is 0.0625. The molecule has 2 N–H and O–H groups in total. The van der Waals surface area contributed by atoms with E-state index in [2.05, 4.69) is 11.1 Å². The number of nitrogens with one attached hydrogen (secondary N) is 1. The van der Waals surface area contributed by atoms with Crippen LogP contribution in [0.2, 0.25) is 0 Å². The molecule has 2 aromatic carbocycles. The average molecular weight is 251 g/mol. The summed E-state index contributed by atoms with van der Waals surface area (Å²) in [6, 6.07) is 15.8. The molecule has 3 aromatic rings. The topological polar surface area (TPSA) is 53.1 Å². The maximum Gasteiger partial charge on any atom is 0.307 e. The Labute approximate surface area is 110 Å². The van der Waals surface area contributed by atoms with Crippen molar-refractivity contribution in [1.82, 2.24) is 4.98 Å². The van der Waals surface area contributed by atoms with E-state index in [9.17, 15) is 4.79 Å². The number of rotatable bonds is 3. The largest absolute Gasteiger partial charge is 0.481 e. The van der Waals surface area contributed by atoms with E-state index >= 15 is 0 Å². The number of H-pyrrole nitrogens is 1. The van der Waals surface area contributed by atoms with Gasteiger partial charge in [-0.05, 0) is 17.2 Å². The fourth-order valence-electron chi connectivity index (χ4n) is 2.29. The van der Waals surface area contributed by atoms with Crippen molar-refractivity contribution in [2.75, 3.05) is 0 Å². The predicted molar refractivity (Wildman–Crippen MR) is 75.1 cm³/mol. The van der Waals surface area contributed by atoms with Crippen LogP contribution in [0.4, 0.5) is 0 Å².